The third-order valence-corrected chi connectivity index (χ3v) is 3.06. The first kappa shape index (κ1) is 16.4. The highest BCUT2D eigenvalue weighted by atomic mass is 16.3. The van der Waals surface area contributed by atoms with Gasteiger partial charge in [0.25, 0.3) is 0 Å². The zero-order chi connectivity index (χ0) is 12.9. The Morgan fingerprint density at radius 2 is 1.47 bits per heavy atom. The van der Waals surface area contributed by atoms with E-state index in [1.807, 2.05) is 0 Å². The van der Waals surface area contributed by atoms with Crippen molar-refractivity contribution in [2.75, 3.05) is 0 Å². The Kier molecular flexibility index (Phi) is 11.5. The summed E-state index contributed by atoms with van der Waals surface area (Å²) in [7, 11) is 0. The summed E-state index contributed by atoms with van der Waals surface area (Å²) >= 11 is 0. The number of aliphatic hydroxyl groups excluding tert-OH is 2. The van der Waals surface area contributed by atoms with E-state index in [-0.39, 0.29) is 6.10 Å². The highest BCUT2D eigenvalue weighted by Gasteiger charge is 2.07. The lowest BCUT2D eigenvalue weighted by atomic mass is 10.0. The van der Waals surface area contributed by atoms with Gasteiger partial charge in [-0.2, -0.15) is 5.26 Å². The number of hydrogen-bond acceptors (Lipinski definition) is 3. The van der Waals surface area contributed by atoms with Crippen molar-refractivity contribution in [2.45, 2.75) is 83.3 Å². The van der Waals surface area contributed by atoms with E-state index >= 15 is 0 Å². The monoisotopic (exact) mass is 241 g/mol. The maximum Gasteiger partial charge on any atom is 0.140 e. The second-order valence-electron chi connectivity index (χ2n) is 4.79. The van der Waals surface area contributed by atoms with Crippen LogP contribution in [0.2, 0.25) is 0 Å². The molecule has 0 heterocycles. The average Bonchev–Trinajstić information content (AvgIpc) is 2.34. The Balaban J connectivity index is 3.22. The van der Waals surface area contributed by atoms with Crippen molar-refractivity contribution in [1.82, 2.24) is 0 Å². The predicted molar refractivity (Wildman–Crippen MR) is 69.5 cm³/mol. The molecule has 100 valence electrons. The molecule has 2 unspecified atom stereocenters. The fraction of sp³-hybridized carbons (Fsp3) is 0.929. The summed E-state index contributed by atoms with van der Waals surface area (Å²) in [5.41, 5.74) is 0. The summed E-state index contributed by atoms with van der Waals surface area (Å²) in [4.78, 5) is 0. The van der Waals surface area contributed by atoms with Crippen molar-refractivity contribution < 1.29 is 10.2 Å². The SMILES string of the molecule is CCCCCCCCCC(O)CCC(O)C#N. The van der Waals surface area contributed by atoms with Gasteiger partial charge in [0.1, 0.15) is 6.10 Å². The second kappa shape index (κ2) is 11.9. The molecule has 0 aliphatic rings. The smallest absolute Gasteiger partial charge is 0.140 e. The molecule has 0 radical (unpaired) electrons. The van der Waals surface area contributed by atoms with Gasteiger partial charge >= 0.3 is 0 Å². The number of hydrogen-bond donors (Lipinski definition) is 2. The van der Waals surface area contributed by atoms with E-state index in [0.717, 1.165) is 12.8 Å². The second-order valence-corrected chi connectivity index (χ2v) is 4.79. The number of unbranched alkanes of at least 4 members (excludes halogenated alkanes) is 6. The van der Waals surface area contributed by atoms with E-state index < -0.39 is 6.10 Å². The first-order valence-electron chi connectivity index (χ1n) is 6.96. The van der Waals surface area contributed by atoms with E-state index in [1.54, 1.807) is 6.07 Å². The van der Waals surface area contributed by atoms with Gasteiger partial charge in [-0.05, 0) is 19.3 Å². The quantitative estimate of drug-likeness (QED) is 0.431. The lowest BCUT2D eigenvalue weighted by Gasteiger charge is -2.10. The molecule has 0 bridgehead atoms. The number of rotatable bonds is 11. The van der Waals surface area contributed by atoms with Gasteiger partial charge in [-0.25, -0.2) is 0 Å². The summed E-state index contributed by atoms with van der Waals surface area (Å²) in [6.07, 6.45) is 9.17. The molecule has 0 saturated carbocycles. The normalized spacial score (nSPS) is 14.2. The Labute approximate surface area is 105 Å². The van der Waals surface area contributed by atoms with Crippen molar-refractivity contribution >= 4 is 0 Å². The highest BCUT2D eigenvalue weighted by molar-refractivity contribution is 4.82. The molecule has 0 rings (SSSR count). The first-order valence-corrected chi connectivity index (χ1v) is 6.96. The van der Waals surface area contributed by atoms with Gasteiger partial charge in [0, 0.05) is 0 Å². The Bertz CT molecular complexity index is 201. The molecule has 3 heteroatoms. The van der Waals surface area contributed by atoms with Crippen LogP contribution in [0.25, 0.3) is 0 Å². The molecular weight excluding hydrogens is 214 g/mol. The van der Waals surface area contributed by atoms with Gasteiger partial charge in [-0.15, -0.1) is 0 Å². The summed E-state index contributed by atoms with van der Waals surface area (Å²) in [5.74, 6) is 0. The predicted octanol–water partition coefficient (Wildman–Crippen LogP) is 3.15. The fourth-order valence-corrected chi connectivity index (χ4v) is 1.90. The van der Waals surface area contributed by atoms with Crippen molar-refractivity contribution in [3.8, 4) is 6.07 Å². The maximum atomic E-state index is 9.61. The maximum absolute atomic E-state index is 9.61. The van der Waals surface area contributed by atoms with Gasteiger partial charge in [0.05, 0.1) is 12.2 Å². The van der Waals surface area contributed by atoms with Crippen molar-refractivity contribution in [2.24, 2.45) is 0 Å². The highest BCUT2D eigenvalue weighted by Crippen LogP contribution is 2.12. The van der Waals surface area contributed by atoms with Gasteiger partial charge in [-0.3, -0.25) is 0 Å². The zero-order valence-corrected chi connectivity index (χ0v) is 11.1. The van der Waals surface area contributed by atoms with Crippen LogP contribution in [0.15, 0.2) is 0 Å². The molecule has 0 spiro atoms. The van der Waals surface area contributed by atoms with E-state index in [9.17, 15) is 5.11 Å². The molecule has 0 aromatic rings. The van der Waals surface area contributed by atoms with Crippen LogP contribution in [0.3, 0.4) is 0 Å². The summed E-state index contributed by atoms with van der Waals surface area (Å²) < 4.78 is 0. The lowest BCUT2D eigenvalue weighted by Crippen LogP contribution is -2.11. The Hall–Kier alpha value is -0.590. The molecule has 17 heavy (non-hydrogen) atoms. The molecule has 0 aliphatic carbocycles. The third kappa shape index (κ3) is 11.7. The van der Waals surface area contributed by atoms with Crippen LogP contribution in [0, 0.1) is 11.3 Å². The summed E-state index contributed by atoms with van der Waals surface area (Å²) in [6, 6.07) is 1.76. The van der Waals surface area contributed by atoms with Crippen molar-refractivity contribution in [3.63, 3.8) is 0 Å². The molecule has 0 aliphatic heterocycles. The largest absolute Gasteiger partial charge is 0.393 e. The number of aliphatic hydroxyl groups is 2. The standard InChI is InChI=1S/C14H27NO2/c1-2-3-4-5-6-7-8-9-13(16)10-11-14(17)12-15/h13-14,16-17H,2-11H2,1H3. The third-order valence-electron chi connectivity index (χ3n) is 3.06. The lowest BCUT2D eigenvalue weighted by molar-refractivity contribution is 0.125. The van der Waals surface area contributed by atoms with Crippen LogP contribution in [0.5, 0.6) is 0 Å². The molecule has 0 aromatic carbocycles. The van der Waals surface area contributed by atoms with Crippen molar-refractivity contribution in [1.29, 1.82) is 5.26 Å². The van der Waals surface area contributed by atoms with Gasteiger partial charge in [0.2, 0.25) is 0 Å². The van der Waals surface area contributed by atoms with Crippen LogP contribution in [-0.4, -0.2) is 22.4 Å². The summed E-state index contributed by atoms with van der Waals surface area (Å²) in [5, 5.41) is 27.0. The van der Waals surface area contributed by atoms with Crippen LogP contribution in [0.1, 0.15) is 71.1 Å². The van der Waals surface area contributed by atoms with E-state index in [2.05, 4.69) is 6.92 Å². The fourth-order valence-electron chi connectivity index (χ4n) is 1.90. The van der Waals surface area contributed by atoms with Crippen LogP contribution < -0.4 is 0 Å². The molecule has 2 N–H and O–H groups in total. The minimum absolute atomic E-state index is 0.353. The van der Waals surface area contributed by atoms with E-state index in [0.29, 0.717) is 12.8 Å². The Morgan fingerprint density at radius 1 is 0.882 bits per heavy atom. The van der Waals surface area contributed by atoms with Gasteiger partial charge in [-0.1, -0.05) is 51.9 Å². The summed E-state index contributed by atoms with van der Waals surface area (Å²) in [6.45, 7) is 2.21. The van der Waals surface area contributed by atoms with E-state index in [1.165, 1.54) is 38.5 Å². The molecule has 0 amide bonds. The number of nitriles is 1. The molecular formula is C14H27NO2. The molecule has 0 fully saturated rings. The molecule has 2 atom stereocenters. The first-order chi connectivity index (χ1) is 8.20. The molecule has 0 saturated heterocycles. The van der Waals surface area contributed by atoms with Gasteiger partial charge < -0.3 is 10.2 Å². The van der Waals surface area contributed by atoms with Gasteiger partial charge in [0.15, 0.2) is 0 Å². The number of nitrogens with zero attached hydrogens (tertiary/aromatic N) is 1. The Morgan fingerprint density at radius 3 is 2.06 bits per heavy atom. The van der Waals surface area contributed by atoms with Crippen LogP contribution in [0.4, 0.5) is 0 Å². The zero-order valence-electron chi connectivity index (χ0n) is 11.1. The van der Waals surface area contributed by atoms with Crippen LogP contribution >= 0.6 is 0 Å². The molecule has 0 aromatic heterocycles. The average molecular weight is 241 g/mol. The van der Waals surface area contributed by atoms with Crippen molar-refractivity contribution in [3.05, 3.63) is 0 Å². The minimum atomic E-state index is -0.918. The minimum Gasteiger partial charge on any atom is -0.393 e. The topological polar surface area (TPSA) is 64.2 Å². The van der Waals surface area contributed by atoms with E-state index in [4.69, 9.17) is 10.4 Å². The van der Waals surface area contributed by atoms with Crippen LogP contribution in [-0.2, 0) is 0 Å². The molecule has 3 nitrogen and oxygen atoms in total.